The van der Waals surface area contributed by atoms with Crippen LogP contribution < -0.4 is 5.56 Å². The first-order chi connectivity index (χ1) is 16.3. The smallest absolute Gasteiger partial charge is 0.369 e. The van der Waals surface area contributed by atoms with Crippen LogP contribution in [-0.4, -0.2) is 27.0 Å². The Morgan fingerprint density at radius 2 is 1.49 bits per heavy atom. The minimum absolute atomic E-state index is 0.0611. The topological polar surface area (TPSA) is 55.1 Å². The van der Waals surface area contributed by atoms with Gasteiger partial charge in [-0.3, -0.25) is 9.36 Å². The molecule has 0 atom stereocenters. The van der Waals surface area contributed by atoms with Gasteiger partial charge in [-0.25, -0.2) is 4.98 Å². The monoisotopic (exact) mass is 556 g/mol. The van der Waals surface area contributed by atoms with E-state index >= 15 is 0 Å². The molecule has 0 radical (unpaired) electrons. The number of rotatable bonds is 4. The van der Waals surface area contributed by atoms with E-state index in [9.17, 15) is 36.2 Å². The van der Waals surface area contributed by atoms with Gasteiger partial charge in [0.2, 0.25) is 0 Å². The molecule has 1 heterocycles. The van der Waals surface area contributed by atoms with E-state index in [1.807, 2.05) is 0 Å². The number of nitrogens with zero attached hydrogens (tertiary/aromatic N) is 2. The molecule has 0 spiro atoms. The van der Waals surface area contributed by atoms with Crippen LogP contribution in [0.2, 0.25) is 0 Å². The zero-order chi connectivity index (χ0) is 25.6. The second-order valence-corrected chi connectivity index (χ2v) is 8.58. The standard InChI is InChI=1S/C24H15BrF6N2O2/c25-17-10-5-11-18-20(17)21(34)33(19(32-18)12-14-6-2-1-3-7-14)16-9-4-8-15(13-16)22(35,23(26,27)28)24(29,30)31/h1-11,13,35H,12H2. The normalized spacial score (nSPS) is 12.8. The summed E-state index contributed by atoms with van der Waals surface area (Å²) in [6.07, 6.45) is -12.1. The molecule has 0 saturated carbocycles. The van der Waals surface area contributed by atoms with Crippen LogP contribution in [0.15, 0.2) is 82.1 Å². The van der Waals surface area contributed by atoms with Crippen LogP contribution >= 0.6 is 15.9 Å². The Hall–Kier alpha value is -3.18. The highest BCUT2D eigenvalue weighted by molar-refractivity contribution is 9.10. The van der Waals surface area contributed by atoms with Crippen molar-refractivity contribution in [2.75, 3.05) is 0 Å². The van der Waals surface area contributed by atoms with Crippen molar-refractivity contribution in [3.63, 3.8) is 0 Å². The lowest BCUT2D eigenvalue weighted by atomic mass is 9.92. The van der Waals surface area contributed by atoms with Gasteiger partial charge < -0.3 is 5.11 Å². The zero-order valence-corrected chi connectivity index (χ0v) is 19.1. The van der Waals surface area contributed by atoms with Crippen molar-refractivity contribution in [2.24, 2.45) is 0 Å². The first kappa shape index (κ1) is 24.9. The lowest BCUT2D eigenvalue weighted by Crippen LogP contribution is -2.54. The van der Waals surface area contributed by atoms with Crippen LogP contribution in [0.25, 0.3) is 16.6 Å². The summed E-state index contributed by atoms with van der Waals surface area (Å²) in [6.45, 7) is 0. The lowest BCUT2D eigenvalue weighted by Gasteiger charge is -2.33. The molecule has 3 aromatic carbocycles. The van der Waals surface area contributed by atoms with E-state index in [-0.39, 0.29) is 23.3 Å². The van der Waals surface area contributed by atoms with Crippen LogP contribution in [0.5, 0.6) is 0 Å². The summed E-state index contributed by atoms with van der Waals surface area (Å²) >= 11 is 3.25. The van der Waals surface area contributed by atoms with E-state index in [2.05, 4.69) is 20.9 Å². The SMILES string of the molecule is O=c1c2c(Br)cccc2nc(Cc2ccccc2)n1-c1cccc(C(O)(C(F)(F)F)C(F)(F)F)c1. The molecular weight excluding hydrogens is 542 g/mol. The van der Waals surface area contributed by atoms with Gasteiger partial charge in [0.25, 0.3) is 11.2 Å². The largest absolute Gasteiger partial charge is 0.430 e. The molecule has 182 valence electrons. The first-order valence-electron chi connectivity index (χ1n) is 10.1. The summed E-state index contributed by atoms with van der Waals surface area (Å²) in [6, 6.07) is 16.6. The van der Waals surface area contributed by atoms with Gasteiger partial charge in [0, 0.05) is 16.5 Å². The van der Waals surface area contributed by atoms with Crippen LogP contribution in [0.4, 0.5) is 26.3 Å². The van der Waals surface area contributed by atoms with Gasteiger partial charge in [0.1, 0.15) is 5.82 Å². The zero-order valence-electron chi connectivity index (χ0n) is 17.5. The van der Waals surface area contributed by atoms with Gasteiger partial charge >= 0.3 is 12.4 Å². The third-order valence-electron chi connectivity index (χ3n) is 5.46. The molecule has 0 aliphatic rings. The van der Waals surface area contributed by atoms with E-state index in [0.29, 0.717) is 27.7 Å². The molecule has 0 amide bonds. The predicted molar refractivity (Wildman–Crippen MR) is 120 cm³/mol. The summed E-state index contributed by atoms with van der Waals surface area (Å²) in [5.41, 5.74) is -6.61. The van der Waals surface area contributed by atoms with Crippen molar-refractivity contribution in [2.45, 2.75) is 24.4 Å². The van der Waals surface area contributed by atoms with Crippen molar-refractivity contribution in [1.82, 2.24) is 9.55 Å². The molecule has 0 fully saturated rings. The number of fused-ring (bicyclic) bond motifs is 1. The Kier molecular flexibility index (Phi) is 6.26. The highest BCUT2D eigenvalue weighted by Crippen LogP contribution is 2.50. The molecule has 0 bridgehead atoms. The average Bonchev–Trinajstić information content (AvgIpc) is 2.78. The third kappa shape index (κ3) is 4.34. The number of aliphatic hydroxyl groups is 1. The van der Waals surface area contributed by atoms with Gasteiger partial charge in [0.15, 0.2) is 0 Å². The van der Waals surface area contributed by atoms with E-state index in [1.165, 1.54) is 6.07 Å². The number of aromatic nitrogens is 2. The minimum Gasteiger partial charge on any atom is -0.369 e. The summed E-state index contributed by atoms with van der Waals surface area (Å²) in [5, 5.41) is 9.95. The summed E-state index contributed by atoms with van der Waals surface area (Å²) in [4.78, 5) is 18.0. The summed E-state index contributed by atoms with van der Waals surface area (Å²) in [7, 11) is 0. The number of hydrogen-bond donors (Lipinski definition) is 1. The molecule has 4 rings (SSSR count). The predicted octanol–water partition coefficient (Wildman–Crippen LogP) is 6.05. The number of hydrogen-bond acceptors (Lipinski definition) is 3. The summed E-state index contributed by atoms with van der Waals surface area (Å²) < 4.78 is 82.1. The molecule has 1 N–H and O–H groups in total. The number of halogens is 7. The Balaban J connectivity index is 2.01. The van der Waals surface area contributed by atoms with E-state index in [1.54, 1.807) is 48.5 Å². The van der Waals surface area contributed by atoms with E-state index in [4.69, 9.17) is 0 Å². The Labute approximate surface area is 202 Å². The molecular formula is C24H15BrF6N2O2. The quantitative estimate of drug-likeness (QED) is 0.311. The van der Waals surface area contributed by atoms with Crippen molar-refractivity contribution in [3.05, 3.63) is 105 Å². The second kappa shape index (κ2) is 8.80. The van der Waals surface area contributed by atoms with Gasteiger partial charge in [-0.1, -0.05) is 48.5 Å². The molecule has 0 aliphatic heterocycles. The molecule has 0 unspecified atom stereocenters. The first-order valence-corrected chi connectivity index (χ1v) is 10.8. The number of alkyl halides is 6. The molecule has 4 nitrogen and oxygen atoms in total. The maximum Gasteiger partial charge on any atom is 0.430 e. The van der Waals surface area contributed by atoms with Crippen LogP contribution in [0.1, 0.15) is 17.0 Å². The van der Waals surface area contributed by atoms with Crippen LogP contribution in [0, 0.1) is 0 Å². The van der Waals surface area contributed by atoms with Gasteiger partial charge in [-0.05, 0) is 45.8 Å². The van der Waals surface area contributed by atoms with Crippen molar-refractivity contribution in [3.8, 4) is 5.69 Å². The van der Waals surface area contributed by atoms with Crippen molar-refractivity contribution >= 4 is 26.8 Å². The fourth-order valence-electron chi connectivity index (χ4n) is 3.76. The third-order valence-corrected chi connectivity index (χ3v) is 6.12. The summed E-state index contributed by atoms with van der Waals surface area (Å²) in [5.74, 6) is 0.0894. The molecule has 0 aliphatic carbocycles. The number of benzene rings is 3. The van der Waals surface area contributed by atoms with Crippen molar-refractivity contribution < 1.29 is 31.4 Å². The Morgan fingerprint density at radius 1 is 0.857 bits per heavy atom. The van der Waals surface area contributed by atoms with Crippen LogP contribution in [-0.2, 0) is 12.0 Å². The van der Waals surface area contributed by atoms with Gasteiger partial charge in [-0.15, -0.1) is 0 Å². The molecule has 35 heavy (non-hydrogen) atoms. The van der Waals surface area contributed by atoms with E-state index < -0.39 is 29.1 Å². The maximum absolute atomic E-state index is 13.5. The van der Waals surface area contributed by atoms with Crippen molar-refractivity contribution in [1.29, 1.82) is 0 Å². The Morgan fingerprint density at radius 3 is 2.11 bits per heavy atom. The highest BCUT2D eigenvalue weighted by Gasteiger charge is 2.71. The molecule has 11 heteroatoms. The lowest BCUT2D eigenvalue weighted by molar-refractivity contribution is -0.376. The Bertz CT molecular complexity index is 1430. The minimum atomic E-state index is -6.06. The van der Waals surface area contributed by atoms with Gasteiger partial charge in [-0.2, -0.15) is 26.3 Å². The molecule has 4 aromatic rings. The van der Waals surface area contributed by atoms with Crippen LogP contribution in [0.3, 0.4) is 0 Å². The van der Waals surface area contributed by atoms with Gasteiger partial charge in [0.05, 0.1) is 16.6 Å². The fourth-order valence-corrected chi connectivity index (χ4v) is 4.28. The second-order valence-electron chi connectivity index (χ2n) is 7.72. The maximum atomic E-state index is 13.5. The molecule has 1 aromatic heterocycles. The highest BCUT2D eigenvalue weighted by atomic mass is 79.9. The average molecular weight is 557 g/mol. The molecule has 0 saturated heterocycles. The van der Waals surface area contributed by atoms with E-state index in [0.717, 1.165) is 10.6 Å². The fraction of sp³-hybridized carbons (Fsp3) is 0.167.